The maximum Gasteiger partial charge on any atom is 0.419 e. The molecule has 1 atom stereocenters. The first-order chi connectivity index (χ1) is 15.2. The van der Waals surface area contributed by atoms with Gasteiger partial charge in [-0.05, 0) is 25.0 Å². The summed E-state index contributed by atoms with van der Waals surface area (Å²) in [5.74, 6) is -3.26. The summed E-state index contributed by atoms with van der Waals surface area (Å²) in [7, 11) is 0. The van der Waals surface area contributed by atoms with Gasteiger partial charge in [-0.1, -0.05) is 6.92 Å². The van der Waals surface area contributed by atoms with Crippen LogP contribution in [-0.2, 0) is 11.3 Å². The minimum atomic E-state index is -2.61. The monoisotopic (exact) mass is 452 g/mol. The molecule has 8 nitrogen and oxygen atoms in total. The van der Waals surface area contributed by atoms with E-state index in [2.05, 4.69) is 5.32 Å². The number of carbonyl (C=O) groups excluding carboxylic acids is 1. The second kappa shape index (κ2) is 8.92. The number of hydrogen-bond donors (Lipinski definition) is 2. The summed E-state index contributed by atoms with van der Waals surface area (Å²) in [5, 5.41) is 13.7. The standard InChI is InChI=1S/C22H30F2N4O4/c1-2-8-28-17-4-3-16(12-18(17)32-20(28)30)25-19(29)13-27-9-5-21(31,15-27)14-26-10-6-22(23,24)7-11-26/h3-4,12,31H,2,5-11,13-15H2,1H3,(H,25,29)/t21-/m1/s1. The molecule has 2 aromatic rings. The van der Waals surface area contributed by atoms with Crippen molar-refractivity contribution in [1.29, 1.82) is 0 Å². The number of likely N-dealkylation sites (tertiary alicyclic amines) is 2. The number of hydrogen-bond acceptors (Lipinski definition) is 6. The molecule has 2 aliphatic heterocycles. The van der Waals surface area contributed by atoms with Gasteiger partial charge in [0.25, 0.3) is 5.92 Å². The number of alkyl halides is 2. The maximum absolute atomic E-state index is 13.3. The molecule has 2 aliphatic rings. The van der Waals surface area contributed by atoms with Gasteiger partial charge in [-0.3, -0.25) is 19.2 Å². The van der Waals surface area contributed by atoms with Gasteiger partial charge in [0.2, 0.25) is 5.91 Å². The third kappa shape index (κ3) is 5.19. The highest BCUT2D eigenvalue weighted by atomic mass is 19.3. The van der Waals surface area contributed by atoms with Crippen LogP contribution in [0.5, 0.6) is 0 Å². The number of nitrogens with zero attached hydrogens (tertiary/aromatic N) is 3. The predicted octanol–water partition coefficient (Wildman–Crippen LogP) is 2.11. The van der Waals surface area contributed by atoms with E-state index in [-0.39, 0.29) is 38.4 Å². The van der Waals surface area contributed by atoms with Crippen LogP contribution in [0.3, 0.4) is 0 Å². The first-order valence-electron chi connectivity index (χ1n) is 11.1. The number of benzene rings is 1. The molecule has 10 heteroatoms. The lowest BCUT2D eigenvalue weighted by atomic mass is 10.00. The maximum atomic E-state index is 13.3. The van der Waals surface area contributed by atoms with Gasteiger partial charge in [-0.15, -0.1) is 0 Å². The fourth-order valence-corrected chi connectivity index (χ4v) is 4.64. The molecule has 3 heterocycles. The van der Waals surface area contributed by atoms with Crippen LogP contribution in [0.15, 0.2) is 27.4 Å². The number of aliphatic hydroxyl groups is 1. The van der Waals surface area contributed by atoms with E-state index in [0.717, 1.165) is 6.42 Å². The van der Waals surface area contributed by atoms with Gasteiger partial charge in [0.15, 0.2) is 5.58 Å². The number of nitrogens with one attached hydrogen (secondary N) is 1. The first kappa shape index (κ1) is 22.9. The molecule has 32 heavy (non-hydrogen) atoms. The second-order valence-electron chi connectivity index (χ2n) is 9.07. The van der Waals surface area contributed by atoms with E-state index in [9.17, 15) is 23.5 Å². The lowest BCUT2D eigenvalue weighted by Crippen LogP contribution is -2.49. The van der Waals surface area contributed by atoms with Gasteiger partial charge in [-0.25, -0.2) is 13.6 Å². The fraction of sp³-hybridized carbons (Fsp3) is 0.636. The normalized spacial score (nSPS) is 24.2. The van der Waals surface area contributed by atoms with Gasteiger partial charge in [0.1, 0.15) is 0 Å². The lowest BCUT2D eigenvalue weighted by molar-refractivity contribution is -0.117. The van der Waals surface area contributed by atoms with E-state index < -0.39 is 17.3 Å². The van der Waals surface area contributed by atoms with Crippen molar-refractivity contribution in [2.75, 3.05) is 44.6 Å². The summed E-state index contributed by atoms with van der Waals surface area (Å²) in [6.45, 7) is 4.41. The Morgan fingerprint density at radius 3 is 2.62 bits per heavy atom. The highest BCUT2D eigenvalue weighted by Crippen LogP contribution is 2.30. The Kier molecular flexibility index (Phi) is 6.37. The highest BCUT2D eigenvalue weighted by Gasteiger charge is 2.41. The van der Waals surface area contributed by atoms with Crippen molar-refractivity contribution in [2.45, 2.75) is 50.7 Å². The summed E-state index contributed by atoms with van der Waals surface area (Å²) in [6.07, 6.45) is 0.942. The number of anilines is 1. The van der Waals surface area contributed by atoms with Gasteiger partial charge in [0, 0.05) is 63.9 Å². The molecule has 0 aliphatic carbocycles. The zero-order valence-electron chi connectivity index (χ0n) is 18.3. The minimum Gasteiger partial charge on any atom is -0.408 e. The number of halogens is 2. The van der Waals surface area contributed by atoms with Crippen molar-refractivity contribution in [3.05, 3.63) is 28.7 Å². The van der Waals surface area contributed by atoms with E-state index in [1.807, 2.05) is 16.7 Å². The van der Waals surface area contributed by atoms with Crippen molar-refractivity contribution in [3.8, 4) is 0 Å². The summed E-state index contributed by atoms with van der Waals surface area (Å²) in [5.41, 5.74) is 0.639. The van der Waals surface area contributed by atoms with Gasteiger partial charge < -0.3 is 14.8 Å². The molecule has 1 aromatic carbocycles. The lowest BCUT2D eigenvalue weighted by Gasteiger charge is -2.36. The second-order valence-corrected chi connectivity index (χ2v) is 9.07. The number of oxazole rings is 1. The minimum absolute atomic E-state index is 0.110. The summed E-state index contributed by atoms with van der Waals surface area (Å²) >= 11 is 0. The Labute approximate surface area is 184 Å². The van der Waals surface area contributed by atoms with Crippen LogP contribution in [0.4, 0.5) is 14.5 Å². The number of β-amino-alcohol motifs (C(OH)–C–C–N with tert-alkyl or cyclic N) is 1. The molecule has 2 saturated heterocycles. The average Bonchev–Trinajstić information content (AvgIpc) is 3.23. The smallest absolute Gasteiger partial charge is 0.408 e. The Morgan fingerprint density at radius 2 is 1.91 bits per heavy atom. The zero-order chi connectivity index (χ0) is 22.9. The first-order valence-corrected chi connectivity index (χ1v) is 11.1. The molecule has 1 amide bonds. The van der Waals surface area contributed by atoms with Gasteiger partial charge >= 0.3 is 5.76 Å². The van der Waals surface area contributed by atoms with Crippen LogP contribution in [0.1, 0.15) is 32.6 Å². The molecule has 0 spiro atoms. The number of rotatable bonds is 7. The molecule has 1 aromatic heterocycles. The van der Waals surface area contributed by atoms with Crippen LogP contribution >= 0.6 is 0 Å². The quantitative estimate of drug-likeness (QED) is 0.669. The largest absolute Gasteiger partial charge is 0.419 e. The molecule has 2 fully saturated rings. The highest BCUT2D eigenvalue weighted by molar-refractivity contribution is 5.94. The van der Waals surface area contributed by atoms with Gasteiger partial charge in [0.05, 0.1) is 17.7 Å². The fourth-order valence-electron chi connectivity index (χ4n) is 4.64. The van der Waals surface area contributed by atoms with Crippen LogP contribution in [0.2, 0.25) is 0 Å². The van der Waals surface area contributed by atoms with Crippen molar-refractivity contribution in [3.63, 3.8) is 0 Å². The number of aryl methyl sites for hydroxylation is 1. The number of piperidine rings is 1. The summed E-state index contributed by atoms with van der Waals surface area (Å²) in [6, 6.07) is 5.11. The molecule has 0 saturated carbocycles. The SMILES string of the molecule is CCCn1c(=O)oc2cc(NC(=O)CN3CC[C@@](O)(CN4CCC(F)(F)CC4)C3)ccc21. The molecule has 0 unspecified atom stereocenters. The summed E-state index contributed by atoms with van der Waals surface area (Å²) in [4.78, 5) is 28.2. The Bertz CT molecular complexity index is 1030. The van der Waals surface area contributed by atoms with E-state index in [1.54, 1.807) is 22.8 Å². The van der Waals surface area contributed by atoms with E-state index in [4.69, 9.17) is 4.42 Å². The molecular weight excluding hydrogens is 422 g/mol. The average molecular weight is 453 g/mol. The Hall–Kier alpha value is -2.30. The molecule has 2 N–H and O–H groups in total. The number of amides is 1. The molecule has 176 valence electrons. The van der Waals surface area contributed by atoms with Crippen molar-refractivity contribution in [2.24, 2.45) is 0 Å². The molecule has 4 rings (SSSR count). The summed E-state index contributed by atoms with van der Waals surface area (Å²) < 4.78 is 33.5. The predicted molar refractivity (Wildman–Crippen MR) is 116 cm³/mol. The molecular formula is C22H30F2N4O4. The number of aromatic nitrogens is 1. The van der Waals surface area contributed by atoms with Crippen LogP contribution < -0.4 is 11.1 Å². The van der Waals surface area contributed by atoms with Crippen molar-refractivity contribution >= 4 is 22.7 Å². The Balaban J connectivity index is 1.30. The van der Waals surface area contributed by atoms with Crippen LogP contribution in [-0.4, -0.2) is 76.2 Å². The van der Waals surface area contributed by atoms with Crippen LogP contribution in [0, 0.1) is 0 Å². The van der Waals surface area contributed by atoms with Crippen LogP contribution in [0.25, 0.3) is 11.1 Å². The van der Waals surface area contributed by atoms with Crippen molar-refractivity contribution < 1.29 is 23.1 Å². The van der Waals surface area contributed by atoms with Gasteiger partial charge in [-0.2, -0.15) is 0 Å². The molecule has 0 bridgehead atoms. The third-order valence-electron chi connectivity index (χ3n) is 6.28. The van der Waals surface area contributed by atoms with E-state index >= 15 is 0 Å². The zero-order valence-corrected chi connectivity index (χ0v) is 18.3. The molecule has 0 radical (unpaired) electrons. The van der Waals surface area contributed by atoms with E-state index in [1.165, 1.54) is 0 Å². The Morgan fingerprint density at radius 1 is 1.19 bits per heavy atom. The third-order valence-corrected chi connectivity index (χ3v) is 6.28. The number of fused-ring (bicyclic) bond motifs is 1. The topological polar surface area (TPSA) is 91.0 Å². The van der Waals surface area contributed by atoms with Crippen molar-refractivity contribution in [1.82, 2.24) is 14.4 Å². The number of carbonyl (C=O) groups is 1. The van der Waals surface area contributed by atoms with E-state index in [0.29, 0.717) is 49.4 Å².